The van der Waals surface area contributed by atoms with Crippen LogP contribution in [-0.2, 0) is 27.2 Å². The second kappa shape index (κ2) is 15.5. The van der Waals surface area contributed by atoms with Crippen molar-refractivity contribution in [2.45, 2.75) is 78.3 Å². The molecule has 0 radical (unpaired) electrons. The summed E-state index contributed by atoms with van der Waals surface area (Å²) in [4.78, 5) is 0. The molecule has 0 aliphatic heterocycles. The Kier molecular flexibility index (Phi) is 15.6. The van der Waals surface area contributed by atoms with Crippen LogP contribution in [0.1, 0.15) is 65.2 Å². The molecule has 2 heterocycles. The van der Waals surface area contributed by atoms with E-state index in [1.807, 2.05) is 0 Å². The van der Waals surface area contributed by atoms with Crippen molar-refractivity contribution in [3.05, 3.63) is 37.4 Å². The van der Waals surface area contributed by atoms with E-state index in [2.05, 4.69) is 83.7 Å². The van der Waals surface area contributed by atoms with Crippen LogP contribution in [0.2, 0.25) is 0 Å². The summed E-state index contributed by atoms with van der Waals surface area (Å²) >= 11 is 0. The Labute approximate surface area is 206 Å². The number of hydrogen-bond donors (Lipinski definition) is 0. The maximum atomic E-state index is 9.87. The minimum absolute atomic E-state index is 1.17. The summed E-state index contributed by atoms with van der Waals surface area (Å²) in [6.45, 7) is 6.83. The number of hydrogen-bond acceptors (Lipinski definition) is 0. The summed E-state index contributed by atoms with van der Waals surface area (Å²) in [5.41, 5.74) is 0. The molecule has 0 N–H and O–H groups in total. The molecule has 216 valence electrons. The van der Waals surface area contributed by atoms with E-state index in [-0.39, 0.29) is 0 Å². The summed E-state index contributed by atoms with van der Waals surface area (Å²) < 4.78 is 107. The van der Waals surface area contributed by atoms with Crippen molar-refractivity contribution in [2.24, 2.45) is 14.1 Å². The van der Waals surface area contributed by atoms with Crippen molar-refractivity contribution >= 4 is 15.1 Å². The molecular weight excluding hydrogens is 528 g/mol. The first-order valence-electron chi connectivity index (χ1n) is 11.6. The standard InChI is InChI=1S/2C10H19N2.BF4.F6P/c2*1-3-4-5-6-7-12-9-8-11(2)10-12;2-1(3,4)5;1-7(2,3,4,5)6/h2*8-10H,3-7H2,1-2H3;;/q2*+1;2*-1. The topological polar surface area (TPSA) is 17.6 Å². The Morgan fingerprint density at radius 1 is 0.611 bits per heavy atom. The summed E-state index contributed by atoms with van der Waals surface area (Å²) in [6.07, 6.45) is 23.4. The third-order valence-electron chi connectivity index (χ3n) is 4.19. The maximum absolute atomic E-state index is 10.7. The average Bonchev–Trinajstić information content (AvgIpc) is 3.27. The molecule has 0 aliphatic carbocycles. The van der Waals surface area contributed by atoms with Gasteiger partial charge in [-0.3, -0.25) is 0 Å². The fourth-order valence-corrected chi connectivity index (χ4v) is 2.71. The van der Waals surface area contributed by atoms with Crippen molar-refractivity contribution in [3.8, 4) is 0 Å². The second-order valence-corrected chi connectivity index (χ2v) is 10.1. The molecule has 0 fully saturated rings. The molecule has 0 saturated carbocycles. The van der Waals surface area contributed by atoms with E-state index < -0.39 is 15.1 Å². The Bertz CT molecular complexity index is 755. The molecule has 0 unspecified atom stereocenters. The summed E-state index contributed by atoms with van der Waals surface area (Å²) in [5.74, 6) is 0. The van der Waals surface area contributed by atoms with Gasteiger partial charge in [-0.1, -0.05) is 39.5 Å². The Balaban J connectivity index is 0. The van der Waals surface area contributed by atoms with Gasteiger partial charge in [-0.25, -0.2) is 18.3 Å². The number of imidazole rings is 2. The van der Waals surface area contributed by atoms with Gasteiger partial charge in [0.1, 0.15) is 24.8 Å². The first-order chi connectivity index (χ1) is 16.1. The fraction of sp³-hybridized carbons (Fsp3) is 0.700. The second-order valence-electron chi connectivity index (χ2n) is 8.21. The van der Waals surface area contributed by atoms with Gasteiger partial charge in [-0.05, 0) is 25.7 Å². The van der Waals surface area contributed by atoms with Crippen molar-refractivity contribution < 1.29 is 51.6 Å². The molecule has 0 atom stereocenters. The van der Waals surface area contributed by atoms with Gasteiger partial charge in [0, 0.05) is 0 Å². The fourth-order valence-electron chi connectivity index (χ4n) is 2.71. The normalized spacial score (nSPS) is 13.2. The van der Waals surface area contributed by atoms with Crippen molar-refractivity contribution in [2.75, 3.05) is 0 Å². The SMILES string of the molecule is CCCCCCn1cc[n+](C)c1.CCCCCCn1cc[n+](C)c1.F[B-](F)(F)F.F[P-](F)(F)(F)(F)F. The molecule has 36 heavy (non-hydrogen) atoms. The summed E-state index contributed by atoms with van der Waals surface area (Å²) in [5, 5.41) is 0. The van der Waals surface area contributed by atoms with Gasteiger partial charge in [0.2, 0.25) is 12.7 Å². The summed E-state index contributed by atoms with van der Waals surface area (Å²) in [6, 6.07) is 0. The number of unbranched alkanes of at least 4 members (excludes halogenated alkanes) is 6. The van der Waals surface area contributed by atoms with Crippen LogP contribution in [0, 0.1) is 0 Å². The van der Waals surface area contributed by atoms with E-state index in [1.54, 1.807) is 0 Å². The predicted molar refractivity (Wildman–Crippen MR) is 123 cm³/mol. The van der Waals surface area contributed by atoms with E-state index in [4.69, 9.17) is 0 Å². The summed E-state index contributed by atoms with van der Waals surface area (Å²) in [7, 11) is -12.5. The van der Waals surface area contributed by atoms with Gasteiger partial charge >= 0.3 is 40.2 Å². The van der Waals surface area contributed by atoms with Crippen molar-refractivity contribution in [3.63, 3.8) is 0 Å². The quantitative estimate of drug-likeness (QED) is 0.0903. The zero-order valence-electron chi connectivity index (χ0n) is 21.1. The number of nitrogens with zero attached hydrogens (tertiary/aromatic N) is 4. The van der Waals surface area contributed by atoms with Crippen LogP contribution in [0.15, 0.2) is 37.4 Å². The van der Waals surface area contributed by atoms with Crippen LogP contribution < -0.4 is 9.13 Å². The zero-order valence-corrected chi connectivity index (χ0v) is 22.0. The molecule has 0 amide bonds. The molecule has 2 aromatic rings. The Morgan fingerprint density at radius 2 is 0.889 bits per heavy atom. The van der Waals surface area contributed by atoms with Crippen molar-refractivity contribution in [1.82, 2.24) is 9.13 Å². The molecule has 0 spiro atoms. The molecule has 2 aromatic heterocycles. The van der Waals surface area contributed by atoms with Crippen LogP contribution in [-0.4, -0.2) is 16.4 Å². The van der Waals surface area contributed by atoms with Crippen LogP contribution in [0.3, 0.4) is 0 Å². The Hall–Kier alpha value is -1.79. The molecular formula is C20H38BF10N4P. The van der Waals surface area contributed by atoms with Gasteiger partial charge in [0.05, 0.1) is 27.2 Å². The Morgan fingerprint density at radius 3 is 1.08 bits per heavy atom. The van der Waals surface area contributed by atoms with Gasteiger partial charge in [0.25, 0.3) is 0 Å². The van der Waals surface area contributed by atoms with E-state index in [0.29, 0.717) is 0 Å². The third kappa shape index (κ3) is 39.4. The van der Waals surface area contributed by atoms with Crippen LogP contribution >= 0.6 is 7.81 Å². The third-order valence-corrected chi connectivity index (χ3v) is 4.19. The molecule has 0 aromatic carbocycles. The first-order valence-corrected chi connectivity index (χ1v) is 13.6. The van der Waals surface area contributed by atoms with E-state index in [0.717, 1.165) is 0 Å². The van der Waals surface area contributed by atoms with Crippen molar-refractivity contribution in [1.29, 1.82) is 0 Å². The number of halogens is 10. The minimum atomic E-state index is -10.7. The molecule has 2 rings (SSSR count). The number of aryl methyl sites for hydroxylation is 4. The molecule has 0 aliphatic rings. The molecule has 16 heteroatoms. The van der Waals surface area contributed by atoms with Crippen LogP contribution in [0.25, 0.3) is 0 Å². The number of aromatic nitrogens is 4. The zero-order chi connectivity index (χ0) is 28.5. The van der Waals surface area contributed by atoms with Gasteiger partial charge in [-0.15, -0.1) is 0 Å². The first kappa shape index (κ1) is 36.4. The van der Waals surface area contributed by atoms with E-state index in [1.165, 1.54) is 64.5 Å². The predicted octanol–water partition coefficient (Wildman–Crippen LogP) is 8.47. The monoisotopic (exact) mass is 566 g/mol. The van der Waals surface area contributed by atoms with Gasteiger partial charge < -0.3 is 17.3 Å². The van der Waals surface area contributed by atoms with Gasteiger partial charge in [0.15, 0.2) is 0 Å². The van der Waals surface area contributed by atoms with Gasteiger partial charge in [-0.2, -0.15) is 0 Å². The molecule has 0 saturated heterocycles. The molecule has 4 nitrogen and oxygen atoms in total. The van der Waals surface area contributed by atoms with E-state index in [9.17, 15) is 42.4 Å². The average molecular weight is 566 g/mol. The molecule has 0 bridgehead atoms. The van der Waals surface area contributed by atoms with Crippen LogP contribution in [0.5, 0.6) is 0 Å². The number of rotatable bonds is 10. The van der Waals surface area contributed by atoms with Crippen LogP contribution in [0.4, 0.5) is 42.4 Å². The van der Waals surface area contributed by atoms with E-state index >= 15 is 0 Å².